The third-order valence-corrected chi connectivity index (χ3v) is 4.74. The number of fused-ring (bicyclic) bond motifs is 1. The van der Waals surface area contributed by atoms with Crippen LogP contribution in [0.2, 0.25) is 10.0 Å². The van der Waals surface area contributed by atoms with Crippen molar-refractivity contribution in [2.45, 2.75) is 26.3 Å². The summed E-state index contributed by atoms with van der Waals surface area (Å²) in [7, 11) is 0. The van der Waals surface area contributed by atoms with E-state index in [0.717, 1.165) is 11.0 Å². The average molecular weight is 419 g/mol. The molecule has 3 rings (SSSR count). The number of hydrogen-bond donors (Lipinski definition) is 2. The maximum Gasteiger partial charge on any atom is 0.261 e. The Labute approximate surface area is 172 Å². The lowest BCUT2D eigenvalue weighted by atomic mass is 10.0. The predicted octanol–water partition coefficient (Wildman–Crippen LogP) is 4.26. The number of benzene rings is 2. The van der Waals surface area contributed by atoms with Crippen LogP contribution in [0.4, 0.5) is 0 Å². The molecule has 0 unspecified atom stereocenters. The van der Waals surface area contributed by atoms with Gasteiger partial charge in [0.25, 0.3) is 11.8 Å². The molecule has 3 aromatic rings. The summed E-state index contributed by atoms with van der Waals surface area (Å²) in [5.41, 5.74) is 4.60. The van der Waals surface area contributed by atoms with Gasteiger partial charge in [0.1, 0.15) is 12.4 Å². The topological polar surface area (TPSA) is 76.0 Å². The van der Waals surface area contributed by atoms with E-state index in [0.29, 0.717) is 11.4 Å². The first-order valence-corrected chi connectivity index (χ1v) is 9.59. The SMILES string of the molecule is CC(C)C[C@@H](NC(=O)c1ccc(Cl)cc1Cl)C(=O)Nn1cnc2ccccc21. The first-order chi connectivity index (χ1) is 13.3. The van der Waals surface area contributed by atoms with Crippen molar-refractivity contribution in [1.29, 1.82) is 0 Å². The van der Waals surface area contributed by atoms with Crippen molar-refractivity contribution in [1.82, 2.24) is 15.0 Å². The minimum atomic E-state index is -0.736. The highest BCUT2D eigenvalue weighted by Gasteiger charge is 2.24. The van der Waals surface area contributed by atoms with E-state index in [4.69, 9.17) is 23.2 Å². The molecule has 8 heteroatoms. The highest BCUT2D eigenvalue weighted by Crippen LogP contribution is 2.21. The van der Waals surface area contributed by atoms with Crippen molar-refractivity contribution >= 4 is 46.0 Å². The van der Waals surface area contributed by atoms with Gasteiger partial charge in [0.15, 0.2) is 0 Å². The first kappa shape index (κ1) is 20.2. The molecule has 146 valence electrons. The fourth-order valence-electron chi connectivity index (χ4n) is 2.86. The lowest BCUT2D eigenvalue weighted by molar-refractivity contribution is -0.119. The summed E-state index contributed by atoms with van der Waals surface area (Å²) in [5, 5.41) is 3.44. The molecule has 0 aliphatic heterocycles. The van der Waals surface area contributed by atoms with Crippen LogP contribution in [0.5, 0.6) is 0 Å². The molecule has 0 aliphatic rings. The van der Waals surface area contributed by atoms with E-state index < -0.39 is 11.9 Å². The lowest BCUT2D eigenvalue weighted by Gasteiger charge is -2.21. The van der Waals surface area contributed by atoms with Crippen molar-refractivity contribution < 1.29 is 9.59 Å². The molecule has 1 heterocycles. The zero-order valence-electron chi connectivity index (χ0n) is 15.4. The molecule has 0 bridgehead atoms. The van der Waals surface area contributed by atoms with Gasteiger partial charge in [-0.1, -0.05) is 49.2 Å². The van der Waals surface area contributed by atoms with Crippen LogP contribution in [0.25, 0.3) is 11.0 Å². The highest BCUT2D eigenvalue weighted by molar-refractivity contribution is 6.36. The minimum absolute atomic E-state index is 0.191. The second kappa shape index (κ2) is 8.63. The molecule has 0 radical (unpaired) electrons. The molecule has 0 aliphatic carbocycles. The van der Waals surface area contributed by atoms with Crippen LogP contribution in [-0.4, -0.2) is 27.5 Å². The summed E-state index contributed by atoms with van der Waals surface area (Å²) in [6.07, 6.45) is 2.00. The number of imidazole rings is 1. The molecule has 0 saturated heterocycles. The number of nitrogens with one attached hydrogen (secondary N) is 2. The lowest BCUT2D eigenvalue weighted by Crippen LogP contribution is -2.46. The van der Waals surface area contributed by atoms with Crippen LogP contribution in [0.3, 0.4) is 0 Å². The number of aromatic nitrogens is 2. The van der Waals surface area contributed by atoms with Crippen molar-refractivity contribution in [3.8, 4) is 0 Å². The number of rotatable bonds is 6. The van der Waals surface area contributed by atoms with E-state index in [1.807, 2.05) is 38.1 Å². The second-order valence-electron chi connectivity index (χ2n) is 6.86. The quantitative estimate of drug-likeness (QED) is 0.627. The summed E-state index contributed by atoms with van der Waals surface area (Å²) >= 11 is 12.0. The molecule has 0 spiro atoms. The number of para-hydroxylation sites is 2. The van der Waals surface area contributed by atoms with Gasteiger partial charge in [-0.2, -0.15) is 0 Å². The Bertz CT molecular complexity index is 1020. The maximum absolute atomic E-state index is 12.9. The van der Waals surface area contributed by atoms with Gasteiger partial charge >= 0.3 is 0 Å². The van der Waals surface area contributed by atoms with E-state index in [9.17, 15) is 9.59 Å². The molecule has 1 atom stereocenters. The van der Waals surface area contributed by atoms with Gasteiger partial charge in [0.2, 0.25) is 0 Å². The molecule has 1 aromatic heterocycles. The fraction of sp³-hybridized carbons (Fsp3) is 0.250. The molecule has 2 N–H and O–H groups in total. The van der Waals surface area contributed by atoms with Crippen molar-refractivity contribution in [2.24, 2.45) is 5.92 Å². The Kier molecular flexibility index (Phi) is 6.21. The zero-order valence-corrected chi connectivity index (χ0v) is 17.0. The van der Waals surface area contributed by atoms with Crippen LogP contribution in [0, 0.1) is 5.92 Å². The smallest absolute Gasteiger partial charge is 0.261 e. The largest absolute Gasteiger partial charge is 0.340 e. The molecule has 0 fully saturated rings. The van der Waals surface area contributed by atoms with Gasteiger partial charge in [-0.15, -0.1) is 0 Å². The van der Waals surface area contributed by atoms with Gasteiger partial charge in [0, 0.05) is 5.02 Å². The minimum Gasteiger partial charge on any atom is -0.340 e. The second-order valence-corrected chi connectivity index (χ2v) is 7.70. The van der Waals surface area contributed by atoms with E-state index >= 15 is 0 Å². The van der Waals surface area contributed by atoms with Gasteiger partial charge in [-0.3, -0.25) is 15.0 Å². The Morgan fingerprint density at radius 1 is 1.14 bits per heavy atom. The van der Waals surface area contributed by atoms with Crippen LogP contribution >= 0.6 is 23.2 Å². The molecular formula is C20H20Cl2N4O2. The summed E-state index contributed by atoms with van der Waals surface area (Å²) in [6, 6.07) is 11.3. The molecule has 2 aromatic carbocycles. The van der Waals surface area contributed by atoms with Gasteiger partial charge in [0.05, 0.1) is 21.6 Å². The zero-order chi connectivity index (χ0) is 20.3. The van der Waals surface area contributed by atoms with Gasteiger partial charge in [-0.05, 0) is 42.7 Å². The van der Waals surface area contributed by atoms with Crippen LogP contribution in [0.15, 0.2) is 48.8 Å². The standard InChI is InChI=1S/C20H20Cl2N4O2/c1-12(2)9-17(24-19(27)14-8-7-13(21)10-15(14)22)20(28)25-26-11-23-16-5-3-4-6-18(16)26/h3-8,10-12,17H,9H2,1-2H3,(H,24,27)(H,25,28)/t17-/m1/s1. The van der Waals surface area contributed by atoms with E-state index in [-0.39, 0.29) is 22.4 Å². The van der Waals surface area contributed by atoms with E-state index in [2.05, 4.69) is 15.7 Å². The van der Waals surface area contributed by atoms with E-state index in [1.54, 1.807) is 10.7 Å². The Balaban J connectivity index is 1.79. The Morgan fingerprint density at radius 2 is 1.89 bits per heavy atom. The Hall–Kier alpha value is -2.57. The predicted molar refractivity (Wildman–Crippen MR) is 111 cm³/mol. The normalized spacial score (nSPS) is 12.2. The summed E-state index contributed by atoms with van der Waals surface area (Å²) in [6.45, 7) is 3.96. The number of carbonyl (C=O) groups is 2. The molecule has 2 amide bonds. The molecule has 0 saturated carbocycles. The number of hydrogen-bond acceptors (Lipinski definition) is 3. The van der Waals surface area contributed by atoms with Crippen molar-refractivity contribution in [2.75, 3.05) is 5.43 Å². The summed E-state index contributed by atoms with van der Waals surface area (Å²) < 4.78 is 1.55. The number of amides is 2. The van der Waals surface area contributed by atoms with E-state index in [1.165, 1.54) is 18.5 Å². The number of halogens is 2. The fourth-order valence-corrected chi connectivity index (χ4v) is 3.35. The molecular weight excluding hydrogens is 399 g/mol. The van der Waals surface area contributed by atoms with Gasteiger partial charge < -0.3 is 5.32 Å². The molecule has 28 heavy (non-hydrogen) atoms. The number of nitrogens with zero attached hydrogens (tertiary/aromatic N) is 2. The van der Waals surface area contributed by atoms with Gasteiger partial charge in [-0.25, -0.2) is 9.66 Å². The Morgan fingerprint density at radius 3 is 2.61 bits per heavy atom. The third kappa shape index (κ3) is 4.64. The average Bonchev–Trinajstić information content (AvgIpc) is 3.03. The third-order valence-electron chi connectivity index (χ3n) is 4.19. The van der Waals surface area contributed by atoms with Crippen LogP contribution in [-0.2, 0) is 4.79 Å². The summed E-state index contributed by atoms with van der Waals surface area (Å²) in [4.78, 5) is 29.8. The van der Waals surface area contributed by atoms with Crippen LogP contribution < -0.4 is 10.7 Å². The van der Waals surface area contributed by atoms with Crippen LogP contribution in [0.1, 0.15) is 30.6 Å². The monoisotopic (exact) mass is 418 g/mol. The number of carbonyl (C=O) groups excluding carboxylic acids is 2. The van der Waals surface area contributed by atoms with Crippen molar-refractivity contribution in [3.05, 3.63) is 64.4 Å². The molecule has 6 nitrogen and oxygen atoms in total. The maximum atomic E-state index is 12.9. The first-order valence-electron chi connectivity index (χ1n) is 8.84. The highest BCUT2D eigenvalue weighted by atomic mass is 35.5. The summed E-state index contributed by atoms with van der Waals surface area (Å²) in [5.74, 6) is -0.579. The van der Waals surface area contributed by atoms with Crippen molar-refractivity contribution in [3.63, 3.8) is 0 Å².